The molecule has 18 heavy (non-hydrogen) atoms. The van der Waals surface area contributed by atoms with E-state index in [1.54, 1.807) is 0 Å². The van der Waals surface area contributed by atoms with Gasteiger partial charge in [0.25, 0.3) is 0 Å². The summed E-state index contributed by atoms with van der Waals surface area (Å²) in [7, 11) is 0. The summed E-state index contributed by atoms with van der Waals surface area (Å²) in [5, 5.41) is 0. The van der Waals surface area contributed by atoms with Crippen LogP contribution in [0.5, 0.6) is 0 Å². The quantitative estimate of drug-likeness (QED) is 0.689. The van der Waals surface area contributed by atoms with Crippen molar-refractivity contribution in [2.45, 2.75) is 27.2 Å². The van der Waals surface area contributed by atoms with Crippen molar-refractivity contribution in [3.05, 3.63) is 65.2 Å². The van der Waals surface area contributed by atoms with Crippen molar-refractivity contribution in [3.8, 4) is 11.1 Å². The highest BCUT2D eigenvalue weighted by Gasteiger charge is 2.06. The molecule has 92 valence electrons. The fourth-order valence-electron chi connectivity index (χ4n) is 2.36. The average molecular weight is 236 g/mol. The van der Waals surface area contributed by atoms with Gasteiger partial charge in [0.15, 0.2) is 0 Å². The number of hydrogen-bond acceptors (Lipinski definition) is 0. The molecule has 0 radical (unpaired) electrons. The van der Waals surface area contributed by atoms with E-state index in [1.165, 1.54) is 33.4 Å². The Morgan fingerprint density at radius 1 is 1.11 bits per heavy atom. The third kappa shape index (κ3) is 2.24. The van der Waals surface area contributed by atoms with Crippen LogP contribution in [0.3, 0.4) is 0 Å². The minimum absolute atomic E-state index is 1.06. The zero-order valence-corrected chi connectivity index (χ0v) is 11.5. The molecule has 0 aliphatic heterocycles. The van der Waals surface area contributed by atoms with E-state index in [2.05, 4.69) is 63.7 Å². The molecule has 0 aliphatic carbocycles. The first-order chi connectivity index (χ1) is 8.67. The minimum atomic E-state index is 1.06. The van der Waals surface area contributed by atoms with Gasteiger partial charge in [0.1, 0.15) is 0 Å². The lowest BCUT2D eigenvalue weighted by Crippen LogP contribution is -1.92. The topological polar surface area (TPSA) is 0 Å². The predicted octanol–water partition coefficient (Wildman–Crippen LogP) is 5.18. The van der Waals surface area contributed by atoms with Crippen LogP contribution in [0.25, 0.3) is 17.2 Å². The Labute approximate surface area is 110 Å². The predicted molar refractivity (Wildman–Crippen MR) is 80.8 cm³/mol. The van der Waals surface area contributed by atoms with Crippen LogP contribution in [0, 0.1) is 13.8 Å². The highest BCUT2D eigenvalue weighted by molar-refractivity contribution is 5.72. The standard InChI is InChI=1S/C18H20/c1-5-15-9-7-8-10-18(15)17-11-13(3)14(4)16(6-2)12-17/h6-12H,2,5H2,1,3-4H3. The van der Waals surface area contributed by atoms with E-state index in [0.29, 0.717) is 0 Å². The molecule has 0 aromatic heterocycles. The molecular weight excluding hydrogens is 216 g/mol. The largest absolute Gasteiger partial charge is 0.0985 e. The van der Waals surface area contributed by atoms with E-state index in [9.17, 15) is 0 Å². The van der Waals surface area contributed by atoms with E-state index in [1.807, 2.05) is 6.08 Å². The maximum absolute atomic E-state index is 3.91. The molecule has 0 bridgehead atoms. The van der Waals surface area contributed by atoms with Crippen molar-refractivity contribution in [2.75, 3.05) is 0 Å². The number of benzene rings is 2. The van der Waals surface area contributed by atoms with Gasteiger partial charge in [-0.25, -0.2) is 0 Å². The highest BCUT2D eigenvalue weighted by atomic mass is 14.1. The van der Waals surface area contributed by atoms with Crippen molar-refractivity contribution in [2.24, 2.45) is 0 Å². The molecule has 0 unspecified atom stereocenters. The molecule has 0 heterocycles. The summed E-state index contributed by atoms with van der Waals surface area (Å²) >= 11 is 0. The Hall–Kier alpha value is -1.82. The smallest absolute Gasteiger partial charge is 0.0152 e. The normalized spacial score (nSPS) is 10.4. The molecule has 0 saturated carbocycles. The zero-order valence-electron chi connectivity index (χ0n) is 11.5. The van der Waals surface area contributed by atoms with Gasteiger partial charge >= 0.3 is 0 Å². The van der Waals surface area contributed by atoms with E-state index < -0.39 is 0 Å². The summed E-state index contributed by atoms with van der Waals surface area (Å²) in [6.45, 7) is 10.4. The first-order valence-corrected chi connectivity index (χ1v) is 6.49. The molecule has 0 nitrogen and oxygen atoms in total. The lowest BCUT2D eigenvalue weighted by Gasteiger charge is -2.12. The average Bonchev–Trinajstić information content (AvgIpc) is 2.41. The van der Waals surface area contributed by atoms with E-state index in [4.69, 9.17) is 0 Å². The highest BCUT2D eigenvalue weighted by Crippen LogP contribution is 2.28. The van der Waals surface area contributed by atoms with Crippen LogP contribution in [0.15, 0.2) is 43.0 Å². The van der Waals surface area contributed by atoms with Gasteiger partial charge in [0, 0.05) is 0 Å². The first kappa shape index (κ1) is 12.6. The molecule has 0 saturated heterocycles. The number of rotatable bonds is 3. The second-order valence-corrected chi connectivity index (χ2v) is 4.72. The molecule has 0 atom stereocenters. The summed E-state index contributed by atoms with van der Waals surface area (Å²) in [4.78, 5) is 0. The van der Waals surface area contributed by atoms with Gasteiger partial charge in [-0.15, -0.1) is 0 Å². The summed E-state index contributed by atoms with van der Waals surface area (Å²) in [6, 6.07) is 13.1. The maximum Gasteiger partial charge on any atom is -0.0152 e. The molecular formula is C18H20. The molecule has 0 spiro atoms. The Kier molecular flexibility index (Phi) is 3.66. The van der Waals surface area contributed by atoms with Crippen LogP contribution >= 0.6 is 0 Å². The first-order valence-electron chi connectivity index (χ1n) is 6.49. The van der Waals surface area contributed by atoms with Gasteiger partial charge in [-0.2, -0.15) is 0 Å². The van der Waals surface area contributed by atoms with Crippen LogP contribution in [-0.4, -0.2) is 0 Å². The Morgan fingerprint density at radius 3 is 2.50 bits per heavy atom. The van der Waals surface area contributed by atoms with E-state index in [0.717, 1.165) is 6.42 Å². The molecule has 0 fully saturated rings. The Bertz CT molecular complexity index is 577. The molecule has 2 aromatic rings. The molecule has 0 amide bonds. The summed E-state index contributed by atoms with van der Waals surface area (Å²) in [5.41, 5.74) is 7.92. The number of hydrogen-bond donors (Lipinski definition) is 0. The third-order valence-electron chi connectivity index (χ3n) is 3.64. The van der Waals surface area contributed by atoms with Crippen molar-refractivity contribution >= 4 is 6.08 Å². The maximum atomic E-state index is 3.91. The monoisotopic (exact) mass is 236 g/mol. The van der Waals surface area contributed by atoms with Crippen LogP contribution in [-0.2, 0) is 6.42 Å². The van der Waals surface area contributed by atoms with Gasteiger partial charge in [0.05, 0.1) is 0 Å². The van der Waals surface area contributed by atoms with Gasteiger partial charge in [-0.3, -0.25) is 0 Å². The summed E-state index contributed by atoms with van der Waals surface area (Å²) < 4.78 is 0. The Morgan fingerprint density at radius 2 is 1.83 bits per heavy atom. The van der Waals surface area contributed by atoms with E-state index >= 15 is 0 Å². The van der Waals surface area contributed by atoms with Gasteiger partial charge in [-0.1, -0.05) is 49.9 Å². The van der Waals surface area contributed by atoms with Gasteiger partial charge < -0.3 is 0 Å². The van der Waals surface area contributed by atoms with Crippen molar-refractivity contribution < 1.29 is 0 Å². The molecule has 2 rings (SSSR count). The zero-order chi connectivity index (χ0) is 13.1. The minimum Gasteiger partial charge on any atom is -0.0985 e. The Balaban J connectivity index is 2.64. The molecule has 0 N–H and O–H groups in total. The van der Waals surface area contributed by atoms with Gasteiger partial charge in [0.2, 0.25) is 0 Å². The molecule has 0 heteroatoms. The second kappa shape index (κ2) is 5.22. The van der Waals surface area contributed by atoms with Crippen molar-refractivity contribution in [1.82, 2.24) is 0 Å². The van der Waals surface area contributed by atoms with Crippen LogP contribution in [0.1, 0.15) is 29.2 Å². The van der Waals surface area contributed by atoms with Crippen molar-refractivity contribution in [3.63, 3.8) is 0 Å². The number of aryl methyl sites for hydroxylation is 2. The lowest BCUT2D eigenvalue weighted by molar-refractivity contribution is 1.14. The second-order valence-electron chi connectivity index (χ2n) is 4.72. The summed E-state index contributed by atoms with van der Waals surface area (Å²) in [5.74, 6) is 0. The van der Waals surface area contributed by atoms with Crippen LogP contribution < -0.4 is 0 Å². The SMILES string of the molecule is C=Cc1cc(-c2ccccc2CC)cc(C)c1C. The van der Waals surface area contributed by atoms with Gasteiger partial charge in [-0.05, 0) is 59.7 Å². The molecule has 2 aromatic carbocycles. The van der Waals surface area contributed by atoms with Crippen molar-refractivity contribution in [1.29, 1.82) is 0 Å². The van der Waals surface area contributed by atoms with E-state index in [-0.39, 0.29) is 0 Å². The van der Waals surface area contributed by atoms with Crippen LogP contribution in [0.4, 0.5) is 0 Å². The third-order valence-corrected chi connectivity index (χ3v) is 3.64. The fraction of sp³-hybridized carbons (Fsp3) is 0.222. The molecule has 0 aliphatic rings. The lowest BCUT2D eigenvalue weighted by atomic mass is 9.92. The fourth-order valence-corrected chi connectivity index (χ4v) is 2.36. The summed E-state index contributed by atoms with van der Waals surface area (Å²) in [6.07, 6.45) is 3.01. The van der Waals surface area contributed by atoms with Crippen LogP contribution in [0.2, 0.25) is 0 Å².